The van der Waals surface area contributed by atoms with Gasteiger partial charge in [-0.15, -0.1) is 15.3 Å². The van der Waals surface area contributed by atoms with Gasteiger partial charge in [0, 0.05) is 38.6 Å². The van der Waals surface area contributed by atoms with E-state index in [1.807, 2.05) is 13.8 Å². The number of rotatable bonds is 14. The van der Waals surface area contributed by atoms with Crippen molar-refractivity contribution in [3.05, 3.63) is 166 Å². The molecule has 380 valence electrons. The largest absolute Gasteiger partial charge is 2.00 e. The number of amides is 1. The molecule has 1 amide bonds. The third-order valence-corrected chi connectivity index (χ3v) is 13.3. The number of phenols is 1. The zero-order valence-electron chi connectivity index (χ0n) is 40.1. The Kier molecular flexibility index (Phi) is 19.3. The zero-order chi connectivity index (χ0) is 53.5. The summed E-state index contributed by atoms with van der Waals surface area (Å²) in [6, 6.07) is 34.7. The van der Waals surface area contributed by atoms with Gasteiger partial charge in [-0.2, -0.15) is 21.9 Å². The molecule has 0 aliphatic heterocycles. The van der Waals surface area contributed by atoms with Gasteiger partial charge in [0.25, 0.3) is 26.1 Å². The monoisotopic (exact) mass is 1210 g/mol. The van der Waals surface area contributed by atoms with E-state index in [2.05, 4.69) is 30.8 Å². The van der Waals surface area contributed by atoms with Crippen LogP contribution in [0.25, 0.3) is 21.5 Å². The van der Waals surface area contributed by atoms with Crippen molar-refractivity contribution in [1.82, 2.24) is 0 Å². The van der Waals surface area contributed by atoms with E-state index in [1.165, 1.54) is 30.3 Å². The predicted octanol–water partition coefficient (Wildman–Crippen LogP) is 11.8. The second-order valence-electron chi connectivity index (χ2n) is 15.9. The van der Waals surface area contributed by atoms with Crippen LogP contribution in [0.3, 0.4) is 0 Å². The van der Waals surface area contributed by atoms with Gasteiger partial charge < -0.3 is 30.1 Å². The Morgan fingerprint density at radius 1 is 0.627 bits per heavy atom. The molecule has 8 rings (SSSR count). The number of aryl methyl sites for hydroxylation is 2. The fourth-order valence-electron chi connectivity index (χ4n) is 7.24. The number of nitrogens with one attached hydrogen (secondary N) is 1. The molecule has 0 radical (unpaired) electrons. The van der Waals surface area contributed by atoms with Crippen molar-refractivity contribution >= 4 is 160 Å². The molecule has 8 aromatic rings. The van der Waals surface area contributed by atoms with E-state index < -0.39 is 53.3 Å². The van der Waals surface area contributed by atoms with E-state index in [0.717, 1.165) is 6.07 Å². The number of fused-ring (bicyclic) bond motifs is 2. The molecule has 0 aliphatic carbocycles. The van der Waals surface area contributed by atoms with Crippen molar-refractivity contribution in [2.45, 2.75) is 37.5 Å². The van der Waals surface area contributed by atoms with Crippen molar-refractivity contribution in [1.29, 1.82) is 0 Å². The van der Waals surface area contributed by atoms with Gasteiger partial charge in [0.15, 0.2) is 5.75 Å². The van der Waals surface area contributed by atoms with Gasteiger partial charge in [0.1, 0.15) is 38.4 Å². The molecule has 0 spiro atoms. The summed E-state index contributed by atoms with van der Waals surface area (Å²) in [4.78, 5) is 16.2. The van der Waals surface area contributed by atoms with Gasteiger partial charge in [0.05, 0.1) is 30.2 Å². The molecule has 0 saturated carbocycles. The van der Waals surface area contributed by atoms with Crippen molar-refractivity contribution in [3.8, 4) is 23.0 Å². The molecule has 18 nitrogen and oxygen atoms in total. The van der Waals surface area contributed by atoms with Crippen molar-refractivity contribution in [3.63, 3.8) is 0 Å². The average molecular weight is 1220 g/mol. The Bertz CT molecular complexity index is 3830. The van der Waals surface area contributed by atoms with Crippen LogP contribution in [-0.4, -0.2) is 105 Å². The maximum Gasteiger partial charge on any atom is 2.00 e. The number of phenolic OH excluding ortho intramolecular Hbond substituents is 1. The molecular weight excluding hydrogens is 1170 g/mol. The number of carbonyl (C=O) groups excluding carboxylic acids is 1. The van der Waals surface area contributed by atoms with Gasteiger partial charge in [0.2, 0.25) is 0 Å². The van der Waals surface area contributed by atoms with E-state index in [0.29, 0.717) is 68.8 Å². The summed E-state index contributed by atoms with van der Waals surface area (Å²) in [5.74, 6) is -1.51. The van der Waals surface area contributed by atoms with Crippen LogP contribution in [-0.2, 0) is 20.2 Å². The molecule has 0 bridgehead atoms. The molecule has 0 saturated heterocycles. The van der Waals surface area contributed by atoms with Crippen LogP contribution in [0.4, 0.5) is 34.1 Å². The maximum atomic E-state index is 13.4. The standard InChI is InChI=1S/2C26H22ClN3O6S.Ba/c2*1-3-36-18-9-6-8-17(13-18)28-26(32)20-12-16-7-4-5-10-19(16)24(25(20)31)30-29-22-14-21(27)15(2)11-23(22)37(33,34)35;/h2*4-14,31H,3H2,1-2H3,(H,28,32)(H,33,34,35);/q;;+2/p-2. The number of carbonyl (C=O) groups is 1. The number of azo groups is 2. The minimum absolute atomic E-state index is 0. The number of aromatic hydroxyl groups is 1. The Labute approximate surface area is 481 Å². The Morgan fingerprint density at radius 3 is 1.64 bits per heavy atom. The zero-order valence-corrected chi connectivity index (χ0v) is 47.7. The van der Waals surface area contributed by atoms with Crippen molar-refractivity contribution in [2.24, 2.45) is 25.4 Å². The molecule has 0 fully saturated rings. The second kappa shape index (κ2) is 25.0. The van der Waals surface area contributed by atoms with Gasteiger partial charge >= 0.3 is 48.9 Å². The van der Waals surface area contributed by atoms with Crippen LogP contribution in [0.2, 0.25) is 10.0 Å². The number of hydrogen-bond donors (Lipinski definition) is 4. The van der Waals surface area contributed by atoms with Crippen LogP contribution in [0.15, 0.2) is 169 Å². The van der Waals surface area contributed by atoms with E-state index >= 15 is 0 Å². The van der Waals surface area contributed by atoms with E-state index in [-0.39, 0.29) is 92.8 Å². The Hall–Kier alpha value is -6.41. The van der Waals surface area contributed by atoms with Gasteiger partial charge in [-0.3, -0.25) is 18.9 Å². The summed E-state index contributed by atoms with van der Waals surface area (Å²) in [5.41, 5.74) is 0.483. The topological polar surface area (TPSA) is 284 Å². The second-order valence-corrected chi connectivity index (χ2v) is 19.5. The first-order valence-corrected chi connectivity index (χ1v) is 25.7. The summed E-state index contributed by atoms with van der Waals surface area (Å²) in [7, 11) is -9.31. The molecule has 0 aliphatic rings. The van der Waals surface area contributed by atoms with Crippen LogP contribution in [0.5, 0.6) is 23.0 Å². The molecule has 0 unspecified atom stereocenters. The first kappa shape index (κ1) is 57.9. The minimum atomic E-state index is -4.66. The summed E-state index contributed by atoms with van der Waals surface area (Å²) in [6.07, 6.45) is 0. The number of halogens is 2. The third kappa shape index (κ3) is 14.1. The molecule has 0 heterocycles. The Balaban J connectivity index is 0.000000241. The fourth-order valence-corrected chi connectivity index (χ4v) is 8.94. The molecule has 8 aromatic carbocycles. The third-order valence-electron chi connectivity index (χ3n) is 10.8. The SMILES string of the molecule is CCOc1cccc(N=C([O-])c2cc3ccccc3c(N=Nc3cc(Cl)c(C)cc3S(=O)(=O)O)c2[O-])c1.CCOc1cccc(NC(=O)c2cc3ccccc3c(N=Nc3cc(Cl)c(C)cc3S(=O)(=O)O)c2O)c1.[Ba+2]. The summed E-state index contributed by atoms with van der Waals surface area (Å²) >= 11 is 12.2. The molecule has 75 heavy (non-hydrogen) atoms. The van der Waals surface area contributed by atoms with Gasteiger partial charge in [-0.1, -0.05) is 89.6 Å². The first-order chi connectivity index (χ1) is 35.2. The van der Waals surface area contributed by atoms with Crippen molar-refractivity contribution < 1.29 is 55.5 Å². The number of nitrogens with zero attached hydrogens (tertiary/aromatic N) is 5. The number of hydrogen-bond acceptors (Lipinski definition) is 15. The average Bonchev–Trinajstić information content (AvgIpc) is 3.35. The van der Waals surface area contributed by atoms with E-state index in [1.54, 1.807) is 111 Å². The van der Waals surface area contributed by atoms with Crippen molar-refractivity contribution in [2.75, 3.05) is 18.5 Å². The van der Waals surface area contributed by atoms with E-state index in [9.17, 15) is 46.1 Å². The maximum absolute atomic E-state index is 13.4. The molecule has 0 aromatic heterocycles. The minimum Gasteiger partial charge on any atom is -0.871 e. The number of aliphatic imine (C=N–C) groups is 1. The molecule has 23 heteroatoms. The first-order valence-electron chi connectivity index (χ1n) is 22.1. The quantitative estimate of drug-likeness (QED) is 0.0260. The molecule has 4 N–H and O–H groups in total. The summed E-state index contributed by atoms with van der Waals surface area (Å²) in [6.45, 7) is 7.70. The summed E-state index contributed by atoms with van der Waals surface area (Å²) < 4.78 is 77.7. The van der Waals surface area contributed by atoms with Gasteiger partial charge in [-0.05, 0) is 122 Å². The number of anilines is 1. The number of benzene rings is 8. The predicted molar refractivity (Wildman–Crippen MR) is 284 cm³/mol. The van der Waals surface area contributed by atoms with E-state index in [4.69, 9.17) is 32.7 Å². The molecular formula is C52H42BaCl2N6O12S2. The number of ether oxygens (including phenoxy) is 2. The van der Waals surface area contributed by atoms with Crippen LogP contribution in [0.1, 0.15) is 40.9 Å². The molecule has 0 atom stereocenters. The van der Waals surface area contributed by atoms with Crippen LogP contribution < -0.4 is 25.0 Å². The Morgan fingerprint density at radius 2 is 1.11 bits per heavy atom. The normalized spacial score (nSPS) is 11.9. The smallest absolute Gasteiger partial charge is 0.871 e. The van der Waals surface area contributed by atoms with Crippen LogP contribution >= 0.6 is 23.2 Å². The van der Waals surface area contributed by atoms with Gasteiger partial charge in [-0.25, -0.2) is 0 Å². The fraction of sp³-hybridized carbons (Fsp3) is 0.115. The summed E-state index contributed by atoms with van der Waals surface area (Å²) in [5, 5.41) is 58.5. The van der Waals surface area contributed by atoms with Crippen LogP contribution in [0, 0.1) is 13.8 Å².